The highest BCUT2D eigenvalue weighted by Crippen LogP contribution is 2.08. The van der Waals surface area contributed by atoms with E-state index >= 15 is 0 Å². The first-order valence-electron chi connectivity index (χ1n) is 3.65. The third-order valence-corrected chi connectivity index (χ3v) is 2.24. The van der Waals surface area contributed by atoms with Gasteiger partial charge in [0.05, 0.1) is 6.61 Å². The van der Waals surface area contributed by atoms with Crippen molar-refractivity contribution in [2.24, 2.45) is 0 Å². The minimum atomic E-state index is 0.0337. The van der Waals surface area contributed by atoms with Crippen molar-refractivity contribution in [3.8, 4) is 0 Å². The Balaban J connectivity index is 2.52. The van der Waals surface area contributed by atoms with Crippen LogP contribution in [0.4, 0.5) is 0 Å². The van der Waals surface area contributed by atoms with E-state index in [9.17, 15) is 5.11 Å². The van der Waals surface area contributed by atoms with Crippen molar-refractivity contribution in [3.63, 3.8) is 0 Å². The molecular weight excluding hydrogens is 251 g/mol. The molecule has 0 heterocycles. The van der Waals surface area contributed by atoms with Crippen molar-refractivity contribution in [1.29, 1.82) is 0 Å². The Hall–Kier alpha value is -0.0900. The Morgan fingerprint density at radius 3 is 2.36 bits per heavy atom. The molecule has 0 aliphatic carbocycles. The van der Waals surface area contributed by atoms with Crippen LogP contribution in [0, 0.1) is 3.57 Å². The predicted molar refractivity (Wildman–Crippen MR) is 53.0 cm³/mol. The highest BCUT2D eigenvalue weighted by Gasteiger charge is 1.91. The summed E-state index contributed by atoms with van der Waals surface area (Å²) in [5.74, 6) is 0. The molecule has 0 aromatic heterocycles. The van der Waals surface area contributed by atoms with Crippen LogP contribution < -0.4 is 0 Å². The molecule has 1 rings (SSSR count). The molecule has 1 radical (unpaired) electrons. The van der Waals surface area contributed by atoms with Gasteiger partial charge in [0.15, 0.2) is 0 Å². The Labute approximate surface area is 80.6 Å². The molecule has 0 N–H and O–H groups in total. The maximum absolute atomic E-state index is 10.2. The molecular formula is C9H10IO. The summed E-state index contributed by atoms with van der Waals surface area (Å²) in [7, 11) is 0. The van der Waals surface area contributed by atoms with E-state index in [4.69, 9.17) is 0 Å². The lowest BCUT2D eigenvalue weighted by Crippen LogP contribution is -1.87. The number of rotatable bonds is 3. The molecule has 0 spiro atoms. The lowest BCUT2D eigenvalue weighted by Gasteiger charge is -1.97. The van der Waals surface area contributed by atoms with Crippen molar-refractivity contribution in [1.82, 2.24) is 0 Å². The van der Waals surface area contributed by atoms with Crippen molar-refractivity contribution >= 4 is 22.6 Å². The molecule has 11 heavy (non-hydrogen) atoms. The first-order valence-corrected chi connectivity index (χ1v) is 4.73. The maximum Gasteiger partial charge on any atom is 0.0825 e. The molecule has 0 bridgehead atoms. The zero-order chi connectivity index (χ0) is 8.10. The molecule has 0 aliphatic heterocycles. The summed E-state index contributed by atoms with van der Waals surface area (Å²) < 4.78 is 1.24. The van der Waals surface area contributed by atoms with Crippen LogP contribution in [0.1, 0.15) is 12.0 Å². The van der Waals surface area contributed by atoms with Crippen LogP contribution in [0.2, 0.25) is 0 Å². The van der Waals surface area contributed by atoms with Gasteiger partial charge in [-0.3, -0.25) is 0 Å². The molecule has 1 aromatic rings. The Bertz CT molecular complexity index is 205. The van der Waals surface area contributed by atoms with E-state index in [1.54, 1.807) is 0 Å². The van der Waals surface area contributed by atoms with Gasteiger partial charge in [-0.2, -0.15) is 0 Å². The van der Waals surface area contributed by atoms with Crippen molar-refractivity contribution in [3.05, 3.63) is 33.4 Å². The number of hydrogen-bond acceptors (Lipinski definition) is 0. The molecule has 0 aliphatic rings. The topological polar surface area (TPSA) is 19.9 Å². The van der Waals surface area contributed by atoms with Gasteiger partial charge in [0.2, 0.25) is 0 Å². The third-order valence-electron chi connectivity index (χ3n) is 1.52. The Kier molecular flexibility index (Phi) is 3.86. The van der Waals surface area contributed by atoms with Gasteiger partial charge in [-0.15, -0.1) is 0 Å². The second-order valence-corrected chi connectivity index (χ2v) is 3.68. The Morgan fingerprint density at radius 2 is 1.82 bits per heavy atom. The van der Waals surface area contributed by atoms with Crippen molar-refractivity contribution in [2.45, 2.75) is 12.8 Å². The summed E-state index contributed by atoms with van der Waals surface area (Å²) in [6.07, 6.45) is 1.67. The van der Waals surface area contributed by atoms with E-state index in [1.165, 1.54) is 9.13 Å². The first kappa shape index (κ1) is 9.00. The molecule has 0 amide bonds. The van der Waals surface area contributed by atoms with Gasteiger partial charge in [-0.05, 0) is 53.1 Å². The fraction of sp³-hybridized carbons (Fsp3) is 0.333. The van der Waals surface area contributed by atoms with Gasteiger partial charge in [0.1, 0.15) is 0 Å². The Morgan fingerprint density at radius 1 is 1.18 bits per heavy atom. The van der Waals surface area contributed by atoms with Crippen LogP contribution in [-0.4, -0.2) is 6.61 Å². The van der Waals surface area contributed by atoms with Crippen molar-refractivity contribution in [2.75, 3.05) is 6.61 Å². The van der Waals surface area contributed by atoms with Crippen LogP contribution >= 0.6 is 22.6 Å². The number of hydrogen-bond donors (Lipinski definition) is 0. The van der Waals surface area contributed by atoms with Gasteiger partial charge in [-0.1, -0.05) is 12.1 Å². The molecule has 0 unspecified atom stereocenters. The van der Waals surface area contributed by atoms with E-state index in [1.807, 2.05) is 0 Å². The summed E-state index contributed by atoms with van der Waals surface area (Å²) in [4.78, 5) is 0. The molecule has 0 saturated carbocycles. The van der Waals surface area contributed by atoms with Crippen LogP contribution in [0.5, 0.6) is 0 Å². The minimum absolute atomic E-state index is 0.0337. The summed E-state index contributed by atoms with van der Waals surface area (Å²) in [6.45, 7) is 0.0337. The van der Waals surface area contributed by atoms with Gasteiger partial charge >= 0.3 is 0 Å². The van der Waals surface area contributed by atoms with Crippen LogP contribution in [-0.2, 0) is 11.5 Å². The van der Waals surface area contributed by atoms with Crippen LogP contribution in [0.3, 0.4) is 0 Å². The molecule has 0 fully saturated rings. The standard InChI is InChI=1S/C9H10IO/c10-9-5-3-8(4-6-9)2-1-7-11/h3-6H,1-2,7H2. The summed E-state index contributed by atoms with van der Waals surface area (Å²) in [6, 6.07) is 8.30. The zero-order valence-electron chi connectivity index (χ0n) is 6.22. The van der Waals surface area contributed by atoms with E-state index in [-0.39, 0.29) is 6.61 Å². The smallest absolute Gasteiger partial charge is 0.0825 e. The lowest BCUT2D eigenvalue weighted by molar-refractivity contribution is 0.189. The summed E-state index contributed by atoms with van der Waals surface area (Å²) >= 11 is 2.27. The molecule has 59 valence electrons. The van der Waals surface area contributed by atoms with E-state index in [0.29, 0.717) is 0 Å². The van der Waals surface area contributed by atoms with Crippen LogP contribution in [0.25, 0.3) is 0 Å². The fourth-order valence-electron chi connectivity index (χ4n) is 0.927. The average Bonchev–Trinajstić information content (AvgIpc) is 2.04. The average molecular weight is 261 g/mol. The number of aryl methyl sites for hydroxylation is 1. The quantitative estimate of drug-likeness (QED) is 0.745. The fourth-order valence-corrected chi connectivity index (χ4v) is 1.29. The molecule has 0 atom stereocenters. The molecule has 2 heteroatoms. The summed E-state index contributed by atoms with van der Waals surface area (Å²) in [5.41, 5.74) is 1.27. The van der Waals surface area contributed by atoms with Gasteiger partial charge in [0, 0.05) is 3.57 Å². The third kappa shape index (κ3) is 3.20. The lowest BCUT2D eigenvalue weighted by atomic mass is 10.1. The van der Waals surface area contributed by atoms with Gasteiger partial charge < -0.3 is 0 Å². The first-order chi connectivity index (χ1) is 5.33. The number of halogens is 1. The van der Waals surface area contributed by atoms with E-state index < -0.39 is 0 Å². The van der Waals surface area contributed by atoms with Crippen LogP contribution in [0.15, 0.2) is 24.3 Å². The van der Waals surface area contributed by atoms with Gasteiger partial charge in [0.25, 0.3) is 0 Å². The largest absolute Gasteiger partial charge is 0.237 e. The molecule has 1 nitrogen and oxygen atoms in total. The normalized spacial score (nSPS) is 10.0. The van der Waals surface area contributed by atoms with Gasteiger partial charge in [-0.25, -0.2) is 5.11 Å². The predicted octanol–water partition coefficient (Wildman–Crippen LogP) is 2.65. The maximum atomic E-state index is 10.2. The summed E-state index contributed by atoms with van der Waals surface area (Å²) in [5, 5.41) is 10.2. The highest BCUT2D eigenvalue weighted by molar-refractivity contribution is 14.1. The monoisotopic (exact) mass is 261 g/mol. The number of benzene rings is 1. The zero-order valence-corrected chi connectivity index (χ0v) is 8.37. The van der Waals surface area contributed by atoms with Crippen molar-refractivity contribution < 1.29 is 5.11 Å². The van der Waals surface area contributed by atoms with E-state index in [0.717, 1.165) is 12.8 Å². The minimum Gasteiger partial charge on any atom is -0.237 e. The SMILES string of the molecule is [O]CCCc1ccc(I)cc1. The highest BCUT2D eigenvalue weighted by atomic mass is 127. The second kappa shape index (κ2) is 4.72. The molecule has 1 aromatic carbocycles. The second-order valence-electron chi connectivity index (χ2n) is 2.43. The molecule has 0 saturated heterocycles. The van der Waals surface area contributed by atoms with E-state index in [2.05, 4.69) is 46.9 Å².